The number of nitrogens with zero attached hydrogens (tertiary/aromatic N) is 1. The van der Waals surface area contributed by atoms with E-state index in [2.05, 4.69) is 6.92 Å². The van der Waals surface area contributed by atoms with E-state index in [1.54, 1.807) is 18.1 Å². The summed E-state index contributed by atoms with van der Waals surface area (Å²) in [5.41, 5.74) is 3.82. The summed E-state index contributed by atoms with van der Waals surface area (Å²) in [6, 6.07) is 11.6. The number of fused-ring (bicyclic) bond motifs is 1. The Balaban J connectivity index is 2.07. The zero-order valence-corrected chi connectivity index (χ0v) is 14.6. The number of halogens is 1. The van der Waals surface area contributed by atoms with E-state index in [4.69, 9.17) is 21.1 Å². The molecular formula is C19H20ClNO3. The summed E-state index contributed by atoms with van der Waals surface area (Å²) in [4.78, 5) is 14.0. The number of hydrogen-bond donors (Lipinski definition) is 0. The molecule has 126 valence electrons. The molecule has 1 aliphatic heterocycles. The van der Waals surface area contributed by atoms with Gasteiger partial charge in [0.25, 0.3) is 5.91 Å². The van der Waals surface area contributed by atoms with Gasteiger partial charge in [-0.25, -0.2) is 0 Å². The third kappa shape index (κ3) is 3.25. The molecule has 2 aromatic rings. The molecule has 0 radical (unpaired) electrons. The molecule has 0 atom stereocenters. The van der Waals surface area contributed by atoms with Gasteiger partial charge in [0.15, 0.2) is 0 Å². The molecule has 5 heteroatoms. The number of ether oxygens (including phenoxy) is 2. The highest BCUT2D eigenvalue weighted by molar-refractivity contribution is 6.31. The second kappa shape index (κ2) is 7.24. The second-order valence-corrected chi connectivity index (χ2v) is 6.16. The van der Waals surface area contributed by atoms with Crippen LogP contribution >= 0.6 is 11.6 Å². The van der Waals surface area contributed by atoms with Crippen LogP contribution in [0.1, 0.15) is 18.9 Å². The molecular weight excluding hydrogens is 326 g/mol. The maximum Gasteiger partial charge on any atom is 0.252 e. The van der Waals surface area contributed by atoms with E-state index in [1.807, 2.05) is 30.3 Å². The van der Waals surface area contributed by atoms with Crippen molar-refractivity contribution in [1.82, 2.24) is 0 Å². The first-order chi connectivity index (χ1) is 11.6. The Bertz CT molecular complexity index is 760. The summed E-state index contributed by atoms with van der Waals surface area (Å²) in [6.45, 7) is 3.28. The van der Waals surface area contributed by atoms with Crippen LogP contribution in [0.4, 0.5) is 5.69 Å². The summed E-state index contributed by atoms with van der Waals surface area (Å²) < 4.78 is 11.0. The number of carbonyl (C=O) groups is 1. The van der Waals surface area contributed by atoms with Gasteiger partial charge in [-0.3, -0.25) is 4.79 Å². The minimum atomic E-state index is 0.00341. The lowest BCUT2D eigenvalue weighted by molar-refractivity contribution is -0.123. The first-order valence-electron chi connectivity index (χ1n) is 7.99. The quantitative estimate of drug-likeness (QED) is 0.829. The van der Waals surface area contributed by atoms with Crippen molar-refractivity contribution in [1.29, 1.82) is 0 Å². The predicted octanol–water partition coefficient (Wildman–Crippen LogP) is 4.29. The van der Waals surface area contributed by atoms with Crippen LogP contribution in [-0.2, 0) is 16.1 Å². The van der Waals surface area contributed by atoms with Crippen molar-refractivity contribution in [2.45, 2.75) is 20.0 Å². The van der Waals surface area contributed by atoms with Crippen LogP contribution in [-0.4, -0.2) is 26.2 Å². The topological polar surface area (TPSA) is 38.8 Å². The number of carbonyl (C=O) groups excluding carboxylic acids is 1. The van der Waals surface area contributed by atoms with Crippen LogP contribution < -0.4 is 9.64 Å². The van der Waals surface area contributed by atoms with Gasteiger partial charge in [0.2, 0.25) is 0 Å². The first-order valence-corrected chi connectivity index (χ1v) is 8.36. The molecule has 0 aromatic heterocycles. The molecule has 0 unspecified atom stereocenters. The molecule has 1 aliphatic rings. The van der Waals surface area contributed by atoms with E-state index in [-0.39, 0.29) is 12.5 Å². The molecule has 2 aromatic carbocycles. The highest BCUT2D eigenvalue weighted by Crippen LogP contribution is 2.36. The van der Waals surface area contributed by atoms with Gasteiger partial charge in [-0.1, -0.05) is 24.6 Å². The zero-order valence-electron chi connectivity index (χ0n) is 13.8. The smallest absolute Gasteiger partial charge is 0.252 e. The third-order valence-electron chi connectivity index (χ3n) is 4.07. The van der Waals surface area contributed by atoms with Crippen molar-refractivity contribution >= 4 is 23.2 Å². The van der Waals surface area contributed by atoms with Crippen molar-refractivity contribution in [2.24, 2.45) is 0 Å². The van der Waals surface area contributed by atoms with E-state index < -0.39 is 0 Å². The predicted molar refractivity (Wildman–Crippen MR) is 95.7 cm³/mol. The SMILES string of the molecule is CCCN1C(=O)COCc2cc(-c3cc(Cl)ccc3OC)ccc21. The van der Waals surface area contributed by atoms with Gasteiger partial charge in [-0.2, -0.15) is 0 Å². The number of benzene rings is 2. The molecule has 0 bridgehead atoms. The minimum Gasteiger partial charge on any atom is -0.496 e. The Morgan fingerprint density at radius 3 is 2.79 bits per heavy atom. The Morgan fingerprint density at radius 2 is 2.04 bits per heavy atom. The average Bonchev–Trinajstić information content (AvgIpc) is 2.74. The van der Waals surface area contributed by atoms with Gasteiger partial charge in [-0.05, 0) is 42.3 Å². The van der Waals surface area contributed by atoms with Gasteiger partial charge < -0.3 is 14.4 Å². The molecule has 1 heterocycles. The van der Waals surface area contributed by atoms with E-state index in [0.717, 1.165) is 34.5 Å². The fraction of sp³-hybridized carbons (Fsp3) is 0.316. The number of methoxy groups -OCH3 is 1. The summed E-state index contributed by atoms with van der Waals surface area (Å²) in [6.07, 6.45) is 0.898. The fourth-order valence-corrected chi connectivity index (χ4v) is 3.14. The number of amides is 1. The van der Waals surface area contributed by atoms with Crippen LogP contribution in [0.25, 0.3) is 11.1 Å². The molecule has 0 spiro atoms. The zero-order chi connectivity index (χ0) is 17.1. The number of anilines is 1. The summed E-state index contributed by atoms with van der Waals surface area (Å²) in [7, 11) is 1.64. The van der Waals surface area contributed by atoms with Crippen LogP contribution in [0.3, 0.4) is 0 Å². The highest BCUT2D eigenvalue weighted by atomic mass is 35.5. The molecule has 0 aliphatic carbocycles. The minimum absolute atomic E-state index is 0.00341. The van der Waals surface area contributed by atoms with Crippen molar-refractivity contribution in [2.75, 3.05) is 25.2 Å². The first kappa shape index (κ1) is 16.8. The second-order valence-electron chi connectivity index (χ2n) is 5.73. The Hall–Kier alpha value is -2.04. The van der Waals surface area contributed by atoms with E-state index in [1.165, 1.54) is 0 Å². The maximum absolute atomic E-state index is 12.2. The van der Waals surface area contributed by atoms with Gasteiger partial charge in [-0.15, -0.1) is 0 Å². The van der Waals surface area contributed by atoms with E-state index >= 15 is 0 Å². The highest BCUT2D eigenvalue weighted by Gasteiger charge is 2.22. The van der Waals surface area contributed by atoms with Crippen molar-refractivity contribution < 1.29 is 14.3 Å². The lowest BCUT2D eigenvalue weighted by Gasteiger charge is -2.22. The third-order valence-corrected chi connectivity index (χ3v) is 4.31. The van der Waals surface area contributed by atoms with Crippen LogP contribution in [0.5, 0.6) is 5.75 Å². The van der Waals surface area contributed by atoms with Crippen molar-refractivity contribution in [3.05, 3.63) is 47.0 Å². The average molecular weight is 346 g/mol. The molecule has 0 fully saturated rings. The van der Waals surface area contributed by atoms with Gasteiger partial charge in [0.05, 0.1) is 13.7 Å². The van der Waals surface area contributed by atoms with Crippen LogP contribution in [0.2, 0.25) is 5.02 Å². The summed E-state index contributed by atoms with van der Waals surface area (Å²) >= 11 is 6.14. The van der Waals surface area contributed by atoms with Crippen molar-refractivity contribution in [3.63, 3.8) is 0 Å². The van der Waals surface area contributed by atoms with Gasteiger partial charge in [0, 0.05) is 28.4 Å². The van der Waals surface area contributed by atoms with Gasteiger partial charge in [0.1, 0.15) is 12.4 Å². The molecule has 4 nitrogen and oxygen atoms in total. The molecule has 1 amide bonds. The lowest BCUT2D eigenvalue weighted by atomic mass is 10.0. The van der Waals surface area contributed by atoms with Crippen LogP contribution in [0, 0.1) is 0 Å². The molecule has 0 saturated carbocycles. The number of rotatable bonds is 4. The Morgan fingerprint density at radius 1 is 1.21 bits per heavy atom. The largest absolute Gasteiger partial charge is 0.496 e. The van der Waals surface area contributed by atoms with E-state index in [0.29, 0.717) is 18.2 Å². The normalized spacial score (nSPS) is 14.3. The summed E-state index contributed by atoms with van der Waals surface area (Å²) in [5, 5.41) is 0.653. The maximum atomic E-state index is 12.2. The standard InChI is InChI=1S/C19H20ClNO3/c1-3-8-21-17-6-4-13(9-14(17)11-24-12-19(21)22)16-10-15(20)5-7-18(16)23-2/h4-7,9-10H,3,8,11-12H2,1-2H3. The lowest BCUT2D eigenvalue weighted by Crippen LogP contribution is -2.33. The molecule has 3 rings (SSSR count). The van der Waals surface area contributed by atoms with Crippen LogP contribution in [0.15, 0.2) is 36.4 Å². The van der Waals surface area contributed by atoms with Gasteiger partial charge >= 0.3 is 0 Å². The summed E-state index contributed by atoms with van der Waals surface area (Å²) in [5.74, 6) is 0.763. The Kier molecular flexibility index (Phi) is 5.07. The monoisotopic (exact) mass is 345 g/mol. The number of hydrogen-bond acceptors (Lipinski definition) is 3. The molecule has 0 saturated heterocycles. The van der Waals surface area contributed by atoms with E-state index in [9.17, 15) is 4.79 Å². The fourth-order valence-electron chi connectivity index (χ4n) is 2.97. The molecule has 24 heavy (non-hydrogen) atoms. The van der Waals surface area contributed by atoms with Crippen molar-refractivity contribution in [3.8, 4) is 16.9 Å². The molecule has 0 N–H and O–H groups in total. The Labute approximate surface area is 146 Å².